The van der Waals surface area contributed by atoms with E-state index in [1.807, 2.05) is 93.6 Å². The number of hydrazine groups is 1. The number of nitrogens with zero attached hydrogens (tertiary/aromatic N) is 3. The molecule has 9 heteroatoms. The number of carbonyl (C=O) groups excluding carboxylic acids is 2. The molecule has 1 aliphatic rings. The Balaban J connectivity index is 1.36. The number of carbonyl (C=O) groups is 2. The molecule has 0 saturated carbocycles. The van der Waals surface area contributed by atoms with Crippen molar-refractivity contribution in [2.24, 2.45) is 17.1 Å². The highest BCUT2D eigenvalue weighted by Crippen LogP contribution is 2.25. The molecule has 2 heterocycles. The summed E-state index contributed by atoms with van der Waals surface area (Å²) in [6, 6.07) is 23.6. The molecular formula is C38H46N6O3. The first kappa shape index (κ1) is 33.9. The van der Waals surface area contributed by atoms with Gasteiger partial charge in [0.15, 0.2) is 0 Å². The third-order valence-corrected chi connectivity index (χ3v) is 8.76. The molecule has 2 aromatic carbocycles. The van der Waals surface area contributed by atoms with Crippen molar-refractivity contribution in [3.05, 3.63) is 108 Å². The molecule has 2 amide bonds. The van der Waals surface area contributed by atoms with Gasteiger partial charge in [-0.25, -0.2) is 9.99 Å². The summed E-state index contributed by atoms with van der Waals surface area (Å²) in [7, 11) is 0. The maximum atomic E-state index is 13.5. The van der Waals surface area contributed by atoms with Crippen molar-refractivity contribution in [3.8, 4) is 11.3 Å². The molecule has 0 spiro atoms. The molecule has 4 atom stereocenters. The number of amides is 2. The van der Waals surface area contributed by atoms with E-state index in [1.165, 1.54) is 0 Å². The van der Waals surface area contributed by atoms with Gasteiger partial charge in [-0.15, -0.1) is 0 Å². The summed E-state index contributed by atoms with van der Waals surface area (Å²) < 4.78 is 0. The van der Waals surface area contributed by atoms with Crippen molar-refractivity contribution in [2.45, 2.75) is 71.2 Å². The summed E-state index contributed by atoms with van der Waals surface area (Å²) in [6.45, 7) is 6.14. The summed E-state index contributed by atoms with van der Waals surface area (Å²) in [6.07, 6.45) is 8.53. The average Bonchev–Trinajstić information content (AvgIpc) is 3.08. The van der Waals surface area contributed by atoms with E-state index in [1.54, 1.807) is 17.3 Å². The summed E-state index contributed by atoms with van der Waals surface area (Å²) in [5, 5.41) is 17.5. The number of hydrogen-bond acceptors (Lipinski definition) is 7. The van der Waals surface area contributed by atoms with Gasteiger partial charge in [-0.05, 0) is 66.8 Å². The molecular weight excluding hydrogens is 588 g/mol. The standard InChI is InChI=1S/C38H46N6O3/c1-38(2,3)35(39)37(47)43-44(24-27-16-18-29(19-17-27)30-14-9-10-22-40-30)25-34(45)33(23-26-11-5-4-6-12-26)42-36(46)32-21-20-28-13-7-8-15-31(28)41-32/h4-5,7-10,13-22,26,33-35,45H,6,11-12,23-25,39H2,1-3H3,(H,42,46)(H,43,47). The van der Waals surface area contributed by atoms with Gasteiger partial charge in [0, 0.05) is 30.2 Å². The third kappa shape index (κ3) is 9.32. The van der Waals surface area contributed by atoms with E-state index in [0.717, 1.165) is 47.0 Å². The molecule has 0 fully saturated rings. The summed E-state index contributed by atoms with van der Waals surface area (Å²) in [4.78, 5) is 35.9. The van der Waals surface area contributed by atoms with Crippen LogP contribution in [0.1, 0.15) is 62.5 Å². The second-order valence-electron chi connectivity index (χ2n) is 13.5. The summed E-state index contributed by atoms with van der Waals surface area (Å²) in [5.74, 6) is -0.379. The Kier molecular flexibility index (Phi) is 11.1. The van der Waals surface area contributed by atoms with E-state index in [9.17, 15) is 14.7 Å². The first-order chi connectivity index (χ1) is 22.6. The first-order valence-corrected chi connectivity index (χ1v) is 16.4. The van der Waals surface area contributed by atoms with Crippen LogP contribution in [0, 0.1) is 11.3 Å². The normalized spacial score (nSPS) is 16.9. The zero-order valence-electron chi connectivity index (χ0n) is 27.5. The Morgan fingerprint density at radius 1 is 1.00 bits per heavy atom. The lowest BCUT2D eigenvalue weighted by Gasteiger charge is -2.34. The predicted molar refractivity (Wildman–Crippen MR) is 186 cm³/mol. The minimum absolute atomic E-state index is 0.0727. The van der Waals surface area contributed by atoms with E-state index in [4.69, 9.17) is 5.73 Å². The van der Waals surface area contributed by atoms with Crippen LogP contribution < -0.4 is 16.5 Å². The van der Waals surface area contributed by atoms with Gasteiger partial charge in [-0.3, -0.25) is 20.0 Å². The zero-order valence-corrected chi connectivity index (χ0v) is 27.5. The highest BCUT2D eigenvalue weighted by Gasteiger charge is 2.31. The Bertz CT molecular complexity index is 1670. The second kappa shape index (κ2) is 15.4. The highest BCUT2D eigenvalue weighted by molar-refractivity contribution is 5.95. The molecule has 2 aromatic heterocycles. The lowest BCUT2D eigenvalue weighted by molar-refractivity contribution is -0.130. The molecule has 1 aliphatic carbocycles. The lowest BCUT2D eigenvalue weighted by atomic mass is 9.86. The van der Waals surface area contributed by atoms with Gasteiger partial charge in [0.25, 0.3) is 11.8 Å². The fourth-order valence-corrected chi connectivity index (χ4v) is 5.83. The minimum Gasteiger partial charge on any atom is -0.390 e. The number of nitrogens with one attached hydrogen (secondary N) is 2. The molecule has 246 valence electrons. The van der Waals surface area contributed by atoms with Crippen LogP contribution >= 0.6 is 0 Å². The number of hydrogen-bond donors (Lipinski definition) is 4. The highest BCUT2D eigenvalue weighted by atomic mass is 16.3. The summed E-state index contributed by atoms with van der Waals surface area (Å²) >= 11 is 0. The number of pyridine rings is 2. The minimum atomic E-state index is -0.996. The number of benzene rings is 2. The fourth-order valence-electron chi connectivity index (χ4n) is 5.83. The van der Waals surface area contributed by atoms with Crippen LogP contribution in [0.5, 0.6) is 0 Å². The van der Waals surface area contributed by atoms with Crippen molar-refractivity contribution in [1.82, 2.24) is 25.7 Å². The van der Waals surface area contributed by atoms with Gasteiger partial charge >= 0.3 is 0 Å². The monoisotopic (exact) mass is 634 g/mol. The maximum Gasteiger partial charge on any atom is 0.270 e. The Morgan fingerprint density at radius 3 is 2.47 bits per heavy atom. The number of rotatable bonds is 12. The molecule has 0 aliphatic heterocycles. The molecule has 0 radical (unpaired) electrons. The van der Waals surface area contributed by atoms with Gasteiger partial charge in [0.2, 0.25) is 0 Å². The Morgan fingerprint density at radius 2 is 1.77 bits per heavy atom. The van der Waals surface area contributed by atoms with Crippen molar-refractivity contribution in [1.29, 1.82) is 0 Å². The number of aromatic nitrogens is 2. The molecule has 5 N–H and O–H groups in total. The van der Waals surface area contributed by atoms with Gasteiger partial charge in [-0.2, -0.15) is 0 Å². The van der Waals surface area contributed by atoms with E-state index in [-0.39, 0.29) is 18.4 Å². The van der Waals surface area contributed by atoms with Gasteiger partial charge in [0.05, 0.1) is 29.4 Å². The fraction of sp³-hybridized carbons (Fsp3) is 0.368. The summed E-state index contributed by atoms with van der Waals surface area (Å²) in [5.41, 5.74) is 12.6. The number of para-hydroxylation sites is 1. The van der Waals surface area contributed by atoms with E-state index >= 15 is 0 Å². The quantitative estimate of drug-likeness (QED) is 0.121. The molecule has 5 rings (SSSR count). The van der Waals surface area contributed by atoms with Crippen molar-refractivity contribution in [2.75, 3.05) is 6.54 Å². The molecule has 47 heavy (non-hydrogen) atoms. The van der Waals surface area contributed by atoms with Crippen molar-refractivity contribution in [3.63, 3.8) is 0 Å². The number of aliphatic hydroxyl groups is 1. The van der Waals surface area contributed by atoms with E-state index in [2.05, 4.69) is 32.9 Å². The lowest BCUT2D eigenvalue weighted by Crippen LogP contribution is -2.57. The number of nitrogens with two attached hydrogens (primary N) is 1. The Labute approximate surface area is 277 Å². The van der Waals surface area contributed by atoms with Crippen LogP contribution in [0.15, 0.2) is 97.2 Å². The number of fused-ring (bicyclic) bond motifs is 1. The van der Waals surface area contributed by atoms with Gasteiger partial charge in [-0.1, -0.05) is 87.5 Å². The molecule has 0 bridgehead atoms. The number of aliphatic hydroxyl groups excluding tert-OH is 1. The van der Waals surface area contributed by atoms with Crippen LogP contribution in [0.4, 0.5) is 0 Å². The molecule has 4 unspecified atom stereocenters. The van der Waals surface area contributed by atoms with Gasteiger partial charge < -0.3 is 16.2 Å². The van der Waals surface area contributed by atoms with Crippen LogP contribution in [0.2, 0.25) is 0 Å². The van der Waals surface area contributed by atoms with Crippen LogP contribution in [0.3, 0.4) is 0 Å². The Hall–Kier alpha value is -4.44. The predicted octanol–water partition coefficient (Wildman–Crippen LogP) is 5.41. The van der Waals surface area contributed by atoms with E-state index in [0.29, 0.717) is 24.6 Å². The molecule has 9 nitrogen and oxygen atoms in total. The van der Waals surface area contributed by atoms with E-state index < -0.39 is 23.6 Å². The SMILES string of the molecule is CC(C)(C)C(N)C(=O)NN(Cc1ccc(-c2ccccn2)cc1)CC(O)C(CC1CC=CCC1)NC(=O)c1ccc2ccccc2n1. The largest absolute Gasteiger partial charge is 0.390 e. The first-order valence-electron chi connectivity index (χ1n) is 16.4. The van der Waals surface area contributed by atoms with Crippen LogP contribution in [-0.2, 0) is 11.3 Å². The van der Waals surface area contributed by atoms with Crippen LogP contribution in [-0.4, -0.2) is 56.6 Å². The maximum absolute atomic E-state index is 13.5. The van der Waals surface area contributed by atoms with Crippen molar-refractivity contribution < 1.29 is 14.7 Å². The van der Waals surface area contributed by atoms with Crippen LogP contribution in [0.25, 0.3) is 22.2 Å². The molecule has 0 saturated heterocycles. The topological polar surface area (TPSA) is 133 Å². The van der Waals surface area contributed by atoms with Gasteiger partial charge in [0.1, 0.15) is 5.69 Å². The second-order valence-corrected chi connectivity index (χ2v) is 13.5. The molecule has 4 aromatic rings. The average molecular weight is 635 g/mol. The number of allylic oxidation sites excluding steroid dienone is 2. The zero-order chi connectivity index (χ0) is 33.4. The third-order valence-electron chi connectivity index (χ3n) is 8.76. The smallest absolute Gasteiger partial charge is 0.270 e. The van der Waals surface area contributed by atoms with Crippen molar-refractivity contribution >= 4 is 22.7 Å².